The zero-order chi connectivity index (χ0) is 15.6. The highest BCUT2D eigenvalue weighted by Gasteiger charge is 2.31. The van der Waals surface area contributed by atoms with Crippen molar-refractivity contribution in [3.8, 4) is 0 Å². The summed E-state index contributed by atoms with van der Waals surface area (Å²) in [7, 11) is 0. The summed E-state index contributed by atoms with van der Waals surface area (Å²) in [5, 5.41) is 1.15. The van der Waals surface area contributed by atoms with E-state index in [0.717, 1.165) is 17.3 Å². The lowest BCUT2D eigenvalue weighted by Gasteiger charge is -2.41. The summed E-state index contributed by atoms with van der Waals surface area (Å²) in [6.07, 6.45) is 7.84. The summed E-state index contributed by atoms with van der Waals surface area (Å²) in [6, 6.07) is 0.754. The van der Waals surface area contributed by atoms with Gasteiger partial charge in [-0.25, -0.2) is 0 Å². The van der Waals surface area contributed by atoms with Gasteiger partial charge in [-0.2, -0.15) is 0 Å². The first kappa shape index (κ1) is 20.4. The first-order valence-electron chi connectivity index (χ1n) is 8.78. The Morgan fingerprint density at radius 1 is 0.950 bits per heavy atom. The fourth-order valence-electron chi connectivity index (χ4n) is 3.57. The van der Waals surface area contributed by atoms with Crippen LogP contribution in [0.3, 0.4) is 0 Å². The SMILES string of the molecule is CCCC(CBr)(CCC)CN(CC(C)C)C(CC)CC. The van der Waals surface area contributed by atoms with E-state index in [4.69, 9.17) is 0 Å². The van der Waals surface area contributed by atoms with Crippen molar-refractivity contribution < 1.29 is 0 Å². The summed E-state index contributed by atoms with van der Waals surface area (Å²) in [5.74, 6) is 0.756. The van der Waals surface area contributed by atoms with E-state index >= 15 is 0 Å². The second-order valence-corrected chi connectivity index (χ2v) is 7.49. The molecule has 0 radical (unpaired) electrons. The van der Waals surface area contributed by atoms with Gasteiger partial charge in [0, 0.05) is 24.5 Å². The predicted octanol–water partition coefficient (Wildman–Crippen LogP) is 6.11. The minimum absolute atomic E-state index is 0.473. The van der Waals surface area contributed by atoms with E-state index in [9.17, 15) is 0 Å². The molecule has 0 aliphatic carbocycles. The van der Waals surface area contributed by atoms with Crippen LogP contribution in [0.25, 0.3) is 0 Å². The lowest BCUT2D eigenvalue weighted by Crippen LogP contribution is -2.45. The molecule has 0 amide bonds. The highest BCUT2D eigenvalue weighted by molar-refractivity contribution is 9.09. The topological polar surface area (TPSA) is 3.24 Å². The van der Waals surface area contributed by atoms with Crippen LogP contribution < -0.4 is 0 Å². The smallest absolute Gasteiger partial charge is 0.0100 e. The van der Waals surface area contributed by atoms with Crippen molar-refractivity contribution in [1.82, 2.24) is 4.90 Å². The average Bonchev–Trinajstić information content (AvgIpc) is 2.39. The van der Waals surface area contributed by atoms with Crippen molar-refractivity contribution in [2.75, 3.05) is 18.4 Å². The van der Waals surface area contributed by atoms with E-state index in [0.29, 0.717) is 5.41 Å². The molecular formula is C18H38BrN. The van der Waals surface area contributed by atoms with Gasteiger partial charge in [-0.1, -0.05) is 70.3 Å². The average molecular weight is 348 g/mol. The third kappa shape index (κ3) is 6.93. The maximum Gasteiger partial charge on any atom is 0.0100 e. The quantitative estimate of drug-likeness (QED) is 0.384. The van der Waals surface area contributed by atoms with Crippen molar-refractivity contribution >= 4 is 15.9 Å². The van der Waals surface area contributed by atoms with Crippen LogP contribution in [-0.4, -0.2) is 29.4 Å². The molecule has 1 nitrogen and oxygen atoms in total. The summed E-state index contributed by atoms with van der Waals surface area (Å²) >= 11 is 3.84. The second kappa shape index (κ2) is 11.1. The molecule has 0 aliphatic heterocycles. The molecule has 0 unspecified atom stereocenters. The summed E-state index contributed by atoms with van der Waals surface area (Å²) < 4.78 is 0. The van der Waals surface area contributed by atoms with Crippen molar-refractivity contribution in [3.05, 3.63) is 0 Å². The van der Waals surface area contributed by atoms with Crippen LogP contribution >= 0.6 is 15.9 Å². The molecule has 0 bridgehead atoms. The van der Waals surface area contributed by atoms with Crippen LogP contribution in [0.4, 0.5) is 0 Å². The number of nitrogens with zero attached hydrogens (tertiary/aromatic N) is 1. The van der Waals surface area contributed by atoms with Crippen LogP contribution in [0.1, 0.15) is 80.1 Å². The molecule has 20 heavy (non-hydrogen) atoms. The normalized spacial score (nSPS) is 12.9. The molecule has 0 aromatic rings. The molecule has 0 heterocycles. The van der Waals surface area contributed by atoms with Gasteiger partial charge in [0.2, 0.25) is 0 Å². The molecule has 0 spiro atoms. The molecule has 2 heteroatoms. The fourth-order valence-corrected chi connectivity index (χ4v) is 4.31. The molecule has 0 saturated heterocycles. The second-order valence-electron chi connectivity index (χ2n) is 6.93. The van der Waals surface area contributed by atoms with Gasteiger partial charge < -0.3 is 0 Å². The number of rotatable bonds is 12. The number of alkyl halides is 1. The Balaban J connectivity index is 5.02. The van der Waals surface area contributed by atoms with Gasteiger partial charge in [-0.05, 0) is 37.0 Å². The Morgan fingerprint density at radius 3 is 1.75 bits per heavy atom. The Labute approximate surface area is 137 Å². The standard InChI is InChI=1S/C18H38BrN/c1-7-11-18(14-19,12-8-2)15-20(13-16(5)6)17(9-3)10-4/h16-17H,7-15H2,1-6H3. The summed E-state index contributed by atoms with van der Waals surface area (Å²) in [6.45, 7) is 16.6. The van der Waals surface area contributed by atoms with Gasteiger partial charge in [-0.3, -0.25) is 4.90 Å². The monoisotopic (exact) mass is 347 g/mol. The molecule has 0 fully saturated rings. The van der Waals surface area contributed by atoms with E-state index in [1.807, 2.05) is 0 Å². The highest BCUT2D eigenvalue weighted by atomic mass is 79.9. The van der Waals surface area contributed by atoms with E-state index in [1.54, 1.807) is 0 Å². The van der Waals surface area contributed by atoms with Gasteiger partial charge in [-0.15, -0.1) is 0 Å². The lowest BCUT2D eigenvalue weighted by atomic mass is 9.80. The third-order valence-corrected chi connectivity index (χ3v) is 5.63. The van der Waals surface area contributed by atoms with Crippen LogP contribution in [0.15, 0.2) is 0 Å². The maximum atomic E-state index is 3.84. The summed E-state index contributed by atoms with van der Waals surface area (Å²) in [4.78, 5) is 2.79. The minimum atomic E-state index is 0.473. The third-order valence-electron chi connectivity index (χ3n) is 4.44. The Hall–Kier alpha value is 0.440. The lowest BCUT2D eigenvalue weighted by molar-refractivity contribution is 0.0908. The molecule has 122 valence electrons. The molecule has 0 saturated carbocycles. The van der Waals surface area contributed by atoms with E-state index in [2.05, 4.69) is 62.4 Å². The van der Waals surface area contributed by atoms with Crippen molar-refractivity contribution in [2.45, 2.75) is 86.1 Å². The molecule has 0 aromatic carbocycles. The van der Waals surface area contributed by atoms with Crippen LogP contribution in [0, 0.1) is 11.3 Å². The van der Waals surface area contributed by atoms with Crippen molar-refractivity contribution in [3.63, 3.8) is 0 Å². The first-order valence-corrected chi connectivity index (χ1v) is 9.90. The van der Waals surface area contributed by atoms with Crippen molar-refractivity contribution in [2.24, 2.45) is 11.3 Å². The molecule has 0 rings (SSSR count). The van der Waals surface area contributed by atoms with Gasteiger partial charge in [0.15, 0.2) is 0 Å². The molecule has 0 aliphatic rings. The van der Waals surface area contributed by atoms with Gasteiger partial charge in [0.25, 0.3) is 0 Å². The number of halogens is 1. The Kier molecular flexibility index (Phi) is 11.3. The fraction of sp³-hybridized carbons (Fsp3) is 1.00. The largest absolute Gasteiger partial charge is 0.300 e. The van der Waals surface area contributed by atoms with Gasteiger partial charge >= 0.3 is 0 Å². The van der Waals surface area contributed by atoms with Crippen molar-refractivity contribution in [1.29, 1.82) is 0 Å². The Morgan fingerprint density at radius 2 is 1.45 bits per heavy atom. The first-order chi connectivity index (χ1) is 9.48. The number of hydrogen-bond donors (Lipinski definition) is 0. The predicted molar refractivity (Wildman–Crippen MR) is 96.8 cm³/mol. The molecule has 0 atom stereocenters. The van der Waals surface area contributed by atoms with E-state index in [1.165, 1.54) is 51.6 Å². The zero-order valence-electron chi connectivity index (χ0n) is 14.8. The van der Waals surface area contributed by atoms with E-state index < -0.39 is 0 Å². The molecular weight excluding hydrogens is 310 g/mol. The number of hydrogen-bond acceptors (Lipinski definition) is 1. The molecule has 0 aromatic heterocycles. The maximum absolute atomic E-state index is 3.84. The minimum Gasteiger partial charge on any atom is -0.300 e. The van der Waals surface area contributed by atoms with Gasteiger partial charge in [0.05, 0.1) is 0 Å². The van der Waals surface area contributed by atoms with Crippen LogP contribution in [0.2, 0.25) is 0 Å². The summed E-state index contributed by atoms with van der Waals surface area (Å²) in [5.41, 5.74) is 0.473. The van der Waals surface area contributed by atoms with Gasteiger partial charge in [0.1, 0.15) is 0 Å². The Bertz CT molecular complexity index is 217. The van der Waals surface area contributed by atoms with Crippen LogP contribution in [-0.2, 0) is 0 Å². The molecule has 0 N–H and O–H groups in total. The highest BCUT2D eigenvalue weighted by Crippen LogP contribution is 2.34. The van der Waals surface area contributed by atoms with E-state index in [-0.39, 0.29) is 0 Å². The zero-order valence-corrected chi connectivity index (χ0v) is 16.4. The van der Waals surface area contributed by atoms with Crippen LogP contribution in [0.5, 0.6) is 0 Å².